The first-order valence-corrected chi connectivity index (χ1v) is 21.0. The molecule has 0 atom stereocenters. The van der Waals surface area contributed by atoms with Crippen molar-refractivity contribution in [1.29, 1.82) is 0 Å². The Labute approximate surface area is 361 Å². The summed E-state index contributed by atoms with van der Waals surface area (Å²) < 4.78 is 0. The highest BCUT2D eigenvalue weighted by atomic mass is 14.9. The maximum absolute atomic E-state index is 5.37. The summed E-state index contributed by atoms with van der Waals surface area (Å²) in [5.74, 6) is 0.663. The molecule has 0 unspecified atom stereocenters. The molecular weight excluding hydrogens is 751 g/mol. The van der Waals surface area contributed by atoms with E-state index in [0.717, 1.165) is 106 Å². The van der Waals surface area contributed by atoms with Crippen molar-refractivity contribution in [3.8, 4) is 89.7 Å². The second-order valence-electron chi connectivity index (χ2n) is 15.6. The molecule has 3 heteroatoms. The van der Waals surface area contributed by atoms with Crippen molar-refractivity contribution in [1.82, 2.24) is 15.0 Å². The van der Waals surface area contributed by atoms with Gasteiger partial charge in [0.1, 0.15) is 0 Å². The largest absolute Gasteiger partial charge is 0.248 e. The molecule has 2 heterocycles. The molecule has 0 aliphatic carbocycles. The number of hydrogen-bond acceptors (Lipinski definition) is 3. The fourth-order valence-corrected chi connectivity index (χ4v) is 8.62. The molecule has 0 spiro atoms. The van der Waals surface area contributed by atoms with E-state index in [1.54, 1.807) is 0 Å². The summed E-state index contributed by atoms with van der Waals surface area (Å²) in [4.78, 5) is 16.0. The molecule has 11 aromatic rings. The molecule has 0 saturated heterocycles. The normalized spacial score (nSPS) is 11.2. The molecule has 62 heavy (non-hydrogen) atoms. The van der Waals surface area contributed by atoms with Crippen LogP contribution < -0.4 is 0 Å². The summed E-state index contributed by atoms with van der Waals surface area (Å²) in [7, 11) is 0. The topological polar surface area (TPSA) is 38.7 Å². The van der Waals surface area contributed by atoms with Gasteiger partial charge in [0.05, 0.1) is 22.6 Å². The number of hydrogen-bond donors (Lipinski definition) is 0. The van der Waals surface area contributed by atoms with Gasteiger partial charge in [0.25, 0.3) is 0 Å². The summed E-state index contributed by atoms with van der Waals surface area (Å²) in [6.07, 6.45) is 0. The quantitative estimate of drug-likeness (QED) is 0.144. The highest BCUT2D eigenvalue weighted by molar-refractivity contribution is 6.18. The van der Waals surface area contributed by atoms with E-state index in [2.05, 4.69) is 231 Å². The molecule has 3 nitrogen and oxygen atoms in total. The van der Waals surface area contributed by atoms with Crippen molar-refractivity contribution >= 4 is 21.7 Å². The predicted molar refractivity (Wildman–Crippen MR) is 258 cm³/mol. The van der Waals surface area contributed by atoms with E-state index in [1.165, 1.54) is 0 Å². The van der Waals surface area contributed by atoms with E-state index < -0.39 is 0 Å². The van der Waals surface area contributed by atoms with Gasteiger partial charge in [-0.25, -0.2) is 15.0 Å². The molecule has 9 aromatic carbocycles. The Kier molecular flexibility index (Phi) is 9.53. The maximum atomic E-state index is 5.37. The van der Waals surface area contributed by atoms with E-state index in [0.29, 0.717) is 5.82 Å². The molecule has 0 bridgehead atoms. The third-order valence-electron chi connectivity index (χ3n) is 11.7. The van der Waals surface area contributed by atoms with Crippen molar-refractivity contribution < 1.29 is 0 Å². The molecule has 0 saturated carbocycles. The van der Waals surface area contributed by atoms with Gasteiger partial charge in [-0.2, -0.15) is 0 Å². The van der Waals surface area contributed by atoms with E-state index in [1.807, 2.05) is 6.07 Å². The monoisotopic (exact) mass is 789 g/mol. The zero-order valence-electron chi connectivity index (χ0n) is 33.9. The highest BCUT2D eigenvalue weighted by Gasteiger charge is 2.18. The zero-order valence-corrected chi connectivity index (χ0v) is 33.9. The third-order valence-corrected chi connectivity index (χ3v) is 11.7. The van der Waals surface area contributed by atoms with E-state index in [9.17, 15) is 0 Å². The van der Waals surface area contributed by atoms with Crippen molar-refractivity contribution in [3.63, 3.8) is 0 Å². The van der Waals surface area contributed by atoms with Crippen LogP contribution in [0.15, 0.2) is 237 Å². The Hall–Kier alpha value is -8.27. The number of fused-ring (bicyclic) bond motifs is 3. The van der Waals surface area contributed by atoms with Crippen LogP contribution in [0, 0.1) is 0 Å². The van der Waals surface area contributed by atoms with Gasteiger partial charge in [-0.15, -0.1) is 0 Å². The van der Waals surface area contributed by atoms with Crippen LogP contribution in [0.4, 0.5) is 0 Å². The lowest BCUT2D eigenvalue weighted by atomic mass is 9.90. The van der Waals surface area contributed by atoms with Gasteiger partial charge in [-0.3, -0.25) is 0 Å². The lowest BCUT2D eigenvalue weighted by Crippen LogP contribution is -1.97. The van der Waals surface area contributed by atoms with Gasteiger partial charge in [0, 0.05) is 27.6 Å². The van der Waals surface area contributed by atoms with Crippen LogP contribution in [-0.4, -0.2) is 15.0 Å². The van der Waals surface area contributed by atoms with Gasteiger partial charge in [0.2, 0.25) is 0 Å². The van der Waals surface area contributed by atoms with Crippen LogP contribution in [0.5, 0.6) is 0 Å². The molecule has 0 aliphatic heterocycles. The standard InChI is InChI=1S/C59H39N3/c1-5-18-40(19-6-1)44-26-15-29-47(34-44)55-39-56(48-30-16-27-45(35-48)41-20-7-2-8-21-41)62-59(61-55)49-31-17-28-46(36-49)52-37-57-58(51-33-14-13-32-50(51)52)53(42-22-9-3-10-23-42)38-54(60-57)43-24-11-4-12-25-43/h1-39H. The van der Waals surface area contributed by atoms with Crippen LogP contribution in [0.1, 0.15) is 0 Å². The number of nitrogens with zero attached hydrogens (tertiary/aromatic N) is 3. The number of aromatic nitrogens is 3. The summed E-state index contributed by atoms with van der Waals surface area (Å²) in [6, 6.07) is 83.4. The molecule has 2 aromatic heterocycles. The molecule has 290 valence electrons. The van der Waals surface area contributed by atoms with Crippen molar-refractivity contribution in [3.05, 3.63) is 237 Å². The number of rotatable bonds is 8. The van der Waals surface area contributed by atoms with Crippen molar-refractivity contribution in [2.24, 2.45) is 0 Å². The minimum Gasteiger partial charge on any atom is -0.248 e. The first-order valence-electron chi connectivity index (χ1n) is 21.0. The highest BCUT2D eigenvalue weighted by Crippen LogP contribution is 2.42. The van der Waals surface area contributed by atoms with Crippen molar-refractivity contribution in [2.45, 2.75) is 0 Å². The van der Waals surface area contributed by atoms with Gasteiger partial charge in [0.15, 0.2) is 5.82 Å². The van der Waals surface area contributed by atoms with E-state index in [-0.39, 0.29) is 0 Å². The maximum Gasteiger partial charge on any atom is 0.160 e. The Morgan fingerprint density at radius 3 is 1.23 bits per heavy atom. The van der Waals surface area contributed by atoms with Gasteiger partial charge in [-0.05, 0) is 91.7 Å². The Morgan fingerprint density at radius 2 is 0.645 bits per heavy atom. The van der Waals surface area contributed by atoms with E-state index in [4.69, 9.17) is 15.0 Å². The van der Waals surface area contributed by atoms with Crippen LogP contribution in [-0.2, 0) is 0 Å². The predicted octanol–water partition coefficient (Wildman–Crippen LogP) is 15.5. The molecule has 0 aliphatic rings. The first kappa shape index (κ1) is 36.8. The summed E-state index contributed by atoms with van der Waals surface area (Å²) in [6.45, 7) is 0. The lowest BCUT2D eigenvalue weighted by Gasteiger charge is -2.16. The summed E-state index contributed by atoms with van der Waals surface area (Å²) in [5, 5.41) is 3.46. The fourth-order valence-electron chi connectivity index (χ4n) is 8.62. The second kappa shape index (κ2) is 16.1. The molecule has 0 amide bonds. The molecule has 0 radical (unpaired) electrons. The minimum absolute atomic E-state index is 0.663. The van der Waals surface area contributed by atoms with E-state index >= 15 is 0 Å². The third kappa shape index (κ3) is 7.12. The number of pyridine rings is 1. The Balaban J connectivity index is 1.09. The molecule has 11 rings (SSSR count). The van der Waals surface area contributed by atoms with Gasteiger partial charge < -0.3 is 0 Å². The average molecular weight is 790 g/mol. The van der Waals surface area contributed by atoms with Crippen LogP contribution in [0.25, 0.3) is 111 Å². The fraction of sp³-hybridized carbons (Fsp3) is 0. The van der Waals surface area contributed by atoms with Crippen LogP contribution >= 0.6 is 0 Å². The smallest absolute Gasteiger partial charge is 0.160 e. The lowest BCUT2D eigenvalue weighted by molar-refractivity contribution is 1.18. The van der Waals surface area contributed by atoms with Gasteiger partial charge >= 0.3 is 0 Å². The minimum atomic E-state index is 0.663. The van der Waals surface area contributed by atoms with Crippen LogP contribution in [0.3, 0.4) is 0 Å². The second-order valence-corrected chi connectivity index (χ2v) is 15.6. The Bertz CT molecular complexity index is 3280. The summed E-state index contributed by atoms with van der Waals surface area (Å²) in [5.41, 5.74) is 16.8. The Morgan fingerprint density at radius 1 is 0.226 bits per heavy atom. The van der Waals surface area contributed by atoms with Crippen LogP contribution in [0.2, 0.25) is 0 Å². The molecule has 0 N–H and O–H groups in total. The molecule has 0 fully saturated rings. The zero-order chi connectivity index (χ0) is 41.2. The molecular formula is C59H39N3. The SMILES string of the molecule is c1ccc(-c2cccc(-c3cc(-c4cccc(-c5ccccc5)c4)nc(-c4cccc(-c5cc6nc(-c7ccccc7)cc(-c7ccccc7)c6c6ccccc56)c4)n3)c2)cc1. The van der Waals surface area contributed by atoms with Crippen molar-refractivity contribution in [2.75, 3.05) is 0 Å². The number of benzene rings is 9. The summed E-state index contributed by atoms with van der Waals surface area (Å²) >= 11 is 0. The average Bonchev–Trinajstić information content (AvgIpc) is 3.37. The first-order chi connectivity index (χ1) is 30.7. The van der Waals surface area contributed by atoms with Gasteiger partial charge in [-0.1, -0.05) is 200 Å².